The van der Waals surface area contributed by atoms with E-state index in [1.54, 1.807) is 6.92 Å². The van der Waals surface area contributed by atoms with Crippen LogP contribution in [-0.2, 0) is 19.0 Å². The Hall–Kier alpha value is -0.730. The smallest absolute Gasteiger partial charge is 0.306 e. The summed E-state index contributed by atoms with van der Waals surface area (Å²) in [5.74, 6) is -0.215. The number of rotatable bonds is 7. The van der Waals surface area contributed by atoms with E-state index in [1.807, 2.05) is 27.7 Å². The summed E-state index contributed by atoms with van der Waals surface area (Å²) >= 11 is 0. The molecule has 0 aromatic carbocycles. The summed E-state index contributed by atoms with van der Waals surface area (Å²) in [6, 6.07) is 0. The summed E-state index contributed by atoms with van der Waals surface area (Å²) < 4.78 is 16.3. The lowest BCUT2D eigenvalue weighted by molar-refractivity contribution is -0.303. The number of carbonyl (C=O) groups excluding carboxylic acids is 1. The van der Waals surface area contributed by atoms with Crippen LogP contribution in [0.5, 0.6) is 0 Å². The molecule has 1 heterocycles. The van der Waals surface area contributed by atoms with Crippen molar-refractivity contribution in [1.82, 2.24) is 0 Å². The average molecular weight is 348 g/mol. The van der Waals surface area contributed by atoms with E-state index >= 15 is 0 Å². The molecule has 0 spiro atoms. The Kier molecular flexibility index (Phi) is 8.08. The molecular weight excluding hydrogens is 316 g/mol. The van der Waals surface area contributed by atoms with Crippen LogP contribution in [0, 0.1) is 0 Å². The predicted octanol–water partition coefficient (Wildman–Crippen LogP) is 1.12. The van der Waals surface area contributed by atoms with E-state index in [9.17, 15) is 20.1 Å². The number of unbranched alkanes of at least 4 members (excludes halogenated alkanes) is 1. The zero-order valence-electron chi connectivity index (χ0n) is 15.3. The molecule has 0 aromatic heterocycles. The van der Waals surface area contributed by atoms with Gasteiger partial charge in [0.15, 0.2) is 6.29 Å². The van der Waals surface area contributed by atoms with Gasteiger partial charge in [0.25, 0.3) is 0 Å². The molecule has 1 rings (SSSR count). The van der Waals surface area contributed by atoms with E-state index in [0.717, 1.165) is 6.42 Å². The lowest BCUT2D eigenvalue weighted by Crippen LogP contribution is -2.57. The van der Waals surface area contributed by atoms with Gasteiger partial charge in [-0.15, -0.1) is 0 Å². The van der Waals surface area contributed by atoms with E-state index in [0.29, 0.717) is 19.3 Å². The Morgan fingerprint density at radius 3 is 2.33 bits per heavy atom. The minimum Gasteiger partial charge on any atom is -0.460 e. The standard InChI is InChI=1S/C17H32O7/c1-10(8-6-7-9-12(18)24-17(3,4)5)22-16-15(21)14(20)13(19)11(2)23-16/h10-11,13-16,19-21H,6-9H2,1-5H3/t10?,11?,13-,14?,15?,16-/m1/s1. The van der Waals surface area contributed by atoms with Gasteiger partial charge >= 0.3 is 5.97 Å². The molecule has 3 N–H and O–H groups in total. The summed E-state index contributed by atoms with van der Waals surface area (Å²) in [6.45, 7) is 8.96. The third kappa shape index (κ3) is 7.03. The highest BCUT2D eigenvalue weighted by molar-refractivity contribution is 5.69. The van der Waals surface area contributed by atoms with Gasteiger partial charge in [0, 0.05) is 6.42 Å². The molecule has 1 aliphatic rings. The Balaban J connectivity index is 2.27. The van der Waals surface area contributed by atoms with Gasteiger partial charge in [-0.3, -0.25) is 4.79 Å². The summed E-state index contributed by atoms with van der Waals surface area (Å²) in [7, 11) is 0. The number of esters is 1. The Bertz CT molecular complexity index is 393. The topological polar surface area (TPSA) is 105 Å². The third-order valence-electron chi connectivity index (χ3n) is 3.84. The van der Waals surface area contributed by atoms with Gasteiger partial charge in [0.2, 0.25) is 0 Å². The summed E-state index contributed by atoms with van der Waals surface area (Å²) in [5, 5.41) is 29.3. The second-order valence-corrected chi connectivity index (χ2v) is 7.46. The molecule has 7 heteroatoms. The maximum Gasteiger partial charge on any atom is 0.306 e. The van der Waals surface area contributed by atoms with Crippen LogP contribution in [0.25, 0.3) is 0 Å². The fourth-order valence-electron chi connectivity index (χ4n) is 2.52. The van der Waals surface area contributed by atoms with E-state index in [4.69, 9.17) is 14.2 Å². The molecule has 0 saturated carbocycles. The van der Waals surface area contributed by atoms with Crippen molar-refractivity contribution in [2.75, 3.05) is 0 Å². The maximum atomic E-state index is 11.6. The van der Waals surface area contributed by atoms with Crippen LogP contribution in [0.2, 0.25) is 0 Å². The minimum atomic E-state index is -1.29. The fraction of sp³-hybridized carbons (Fsp3) is 0.941. The number of ether oxygens (including phenoxy) is 3. The number of hydrogen-bond donors (Lipinski definition) is 3. The molecule has 24 heavy (non-hydrogen) atoms. The van der Waals surface area contributed by atoms with Crippen molar-refractivity contribution in [3.05, 3.63) is 0 Å². The van der Waals surface area contributed by atoms with Crippen LogP contribution in [0.4, 0.5) is 0 Å². The molecule has 7 nitrogen and oxygen atoms in total. The number of aliphatic hydroxyl groups excluding tert-OH is 3. The van der Waals surface area contributed by atoms with E-state index in [2.05, 4.69) is 0 Å². The number of hydrogen-bond acceptors (Lipinski definition) is 7. The first-order chi connectivity index (χ1) is 11.0. The first-order valence-corrected chi connectivity index (χ1v) is 8.58. The van der Waals surface area contributed by atoms with Crippen LogP contribution in [-0.4, -0.2) is 63.7 Å². The molecule has 0 aromatic rings. The molecule has 1 saturated heterocycles. The quantitative estimate of drug-likeness (QED) is 0.468. The van der Waals surface area contributed by atoms with Crippen molar-refractivity contribution in [3.63, 3.8) is 0 Å². The van der Waals surface area contributed by atoms with Gasteiger partial charge < -0.3 is 29.5 Å². The second kappa shape index (κ2) is 9.10. The zero-order chi connectivity index (χ0) is 18.5. The molecule has 0 aliphatic carbocycles. The van der Waals surface area contributed by atoms with Crippen LogP contribution < -0.4 is 0 Å². The Labute approximate surface area is 143 Å². The van der Waals surface area contributed by atoms with Crippen LogP contribution >= 0.6 is 0 Å². The van der Waals surface area contributed by atoms with Gasteiger partial charge in [-0.2, -0.15) is 0 Å². The SMILES string of the molecule is CC(CCCCC(=O)OC(C)(C)C)O[C@@H]1OC(C)[C@@H](O)C(O)C1O. The second-order valence-electron chi connectivity index (χ2n) is 7.46. The highest BCUT2D eigenvalue weighted by Crippen LogP contribution is 2.23. The van der Waals surface area contributed by atoms with Gasteiger partial charge in [-0.05, 0) is 47.5 Å². The fourth-order valence-corrected chi connectivity index (χ4v) is 2.52. The summed E-state index contributed by atoms with van der Waals surface area (Å²) in [4.78, 5) is 11.6. The van der Waals surface area contributed by atoms with Gasteiger partial charge in [-0.1, -0.05) is 6.42 Å². The zero-order valence-corrected chi connectivity index (χ0v) is 15.3. The van der Waals surface area contributed by atoms with Crippen molar-refractivity contribution in [3.8, 4) is 0 Å². The summed E-state index contributed by atoms with van der Waals surface area (Å²) in [6.07, 6.45) is -3.03. The minimum absolute atomic E-state index is 0.210. The van der Waals surface area contributed by atoms with Crippen molar-refractivity contribution in [1.29, 1.82) is 0 Å². The van der Waals surface area contributed by atoms with E-state index < -0.39 is 36.3 Å². The molecule has 0 radical (unpaired) electrons. The molecular formula is C17H32O7. The number of carbonyl (C=O) groups is 1. The molecule has 0 amide bonds. The normalized spacial score (nSPS) is 32.4. The molecule has 4 unspecified atom stereocenters. The lowest BCUT2D eigenvalue weighted by Gasteiger charge is -2.39. The summed E-state index contributed by atoms with van der Waals surface area (Å²) in [5.41, 5.74) is -0.468. The van der Waals surface area contributed by atoms with Gasteiger partial charge in [0.1, 0.15) is 23.9 Å². The molecule has 6 atom stereocenters. The third-order valence-corrected chi connectivity index (χ3v) is 3.84. The van der Waals surface area contributed by atoms with Crippen molar-refractivity contribution < 1.29 is 34.3 Å². The number of aliphatic hydroxyl groups is 3. The average Bonchev–Trinajstić information content (AvgIpc) is 2.45. The predicted molar refractivity (Wildman–Crippen MR) is 87.2 cm³/mol. The maximum absolute atomic E-state index is 11.6. The van der Waals surface area contributed by atoms with Crippen molar-refractivity contribution in [2.45, 2.75) is 103 Å². The largest absolute Gasteiger partial charge is 0.460 e. The lowest BCUT2D eigenvalue weighted by atomic mass is 10.00. The van der Waals surface area contributed by atoms with Crippen molar-refractivity contribution >= 4 is 5.97 Å². The Morgan fingerprint density at radius 2 is 1.75 bits per heavy atom. The van der Waals surface area contributed by atoms with Gasteiger partial charge in [-0.25, -0.2) is 0 Å². The van der Waals surface area contributed by atoms with Crippen LogP contribution in [0.1, 0.15) is 60.3 Å². The molecule has 0 bridgehead atoms. The highest BCUT2D eigenvalue weighted by atomic mass is 16.7. The van der Waals surface area contributed by atoms with E-state index in [1.165, 1.54) is 0 Å². The van der Waals surface area contributed by atoms with Gasteiger partial charge in [0.05, 0.1) is 12.2 Å². The molecule has 1 fully saturated rings. The first kappa shape index (κ1) is 21.3. The van der Waals surface area contributed by atoms with Crippen LogP contribution in [0.15, 0.2) is 0 Å². The van der Waals surface area contributed by atoms with Crippen LogP contribution in [0.3, 0.4) is 0 Å². The van der Waals surface area contributed by atoms with Crippen molar-refractivity contribution in [2.24, 2.45) is 0 Å². The Morgan fingerprint density at radius 1 is 1.12 bits per heavy atom. The molecule has 142 valence electrons. The highest BCUT2D eigenvalue weighted by Gasteiger charge is 2.42. The monoisotopic (exact) mass is 348 g/mol. The first-order valence-electron chi connectivity index (χ1n) is 8.58. The van der Waals surface area contributed by atoms with E-state index in [-0.39, 0.29) is 12.1 Å². The molecule has 1 aliphatic heterocycles.